The van der Waals surface area contributed by atoms with Crippen molar-refractivity contribution in [1.29, 1.82) is 0 Å². The van der Waals surface area contributed by atoms with E-state index in [2.05, 4.69) is 5.32 Å². The molecule has 204 valence electrons. The lowest BCUT2D eigenvalue weighted by Crippen LogP contribution is -2.55. The lowest BCUT2D eigenvalue weighted by Gasteiger charge is -2.52. The van der Waals surface area contributed by atoms with Gasteiger partial charge in [0.15, 0.2) is 0 Å². The Morgan fingerprint density at radius 2 is 1.49 bits per heavy atom. The molecule has 0 atom stereocenters. The molecule has 3 aromatic rings. The van der Waals surface area contributed by atoms with Crippen molar-refractivity contribution in [2.75, 3.05) is 13.1 Å². The fourth-order valence-electron chi connectivity index (χ4n) is 5.40. The van der Waals surface area contributed by atoms with E-state index in [1.54, 1.807) is 43.3 Å². The Morgan fingerprint density at radius 3 is 2.05 bits per heavy atom. The van der Waals surface area contributed by atoms with E-state index in [1.165, 1.54) is 18.2 Å². The number of hydrogen-bond donors (Lipinski definition) is 2. The van der Waals surface area contributed by atoms with Gasteiger partial charge in [-0.05, 0) is 104 Å². The molecule has 2 fully saturated rings. The number of halogens is 3. The first-order chi connectivity index (χ1) is 18.5. The van der Waals surface area contributed by atoms with Crippen molar-refractivity contribution in [1.82, 2.24) is 10.2 Å². The summed E-state index contributed by atoms with van der Waals surface area (Å²) in [6, 6.07) is 15.9. The van der Waals surface area contributed by atoms with Gasteiger partial charge >= 0.3 is 6.18 Å². The van der Waals surface area contributed by atoms with E-state index in [9.17, 15) is 27.9 Å². The van der Waals surface area contributed by atoms with Gasteiger partial charge in [0.25, 0.3) is 11.8 Å². The molecule has 3 aromatic carbocycles. The van der Waals surface area contributed by atoms with E-state index in [1.807, 2.05) is 4.90 Å². The maximum Gasteiger partial charge on any atom is 0.416 e. The first-order valence-electron chi connectivity index (χ1n) is 12.9. The van der Waals surface area contributed by atoms with Crippen LogP contribution >= 0.6 is 0 Å². The number of aryl methyl sites for hydroxylation is 1. The normalized spacial score (nSPS) is 17.0. The number of aromatic hydroxyl groups is 1. The fourth-order valence-corrected chi connectivity index (χ4v) is 5.40. The van der Waals surface area contributed by atoms with Crippen LogP contribution in [-0.4, -0.2) is 41.0 Å². The largest absolute Gasteiger partial charge is 0.508 e. The van der Waals surface area contributed by atoms with Crippen molar-refractivity contribution < 1.29 is 32.6 Å². The molecule has 0 aromatic heterocycles. The van der Waals surface area contributed by atoms with Crippen molar-refractivity contribution in [2.45, 2.75) is 44.8 Å². The van der Waals surface area contributed by atoms with Crippen LogP contribution in [0.15, 0.2) is 66.7 Å². The van der Waals surface area contributed by atoms with E-state index >= 15 is 0 Å². The third kappa shape index (κ3) is 5.87. The Hall–Kier alpha value is -4.01. The van der Waals surface area contributed by atoms with Crippen LogP contribution in [0, 0.1) is 12.3 Å². The Kier molecular flexibility index (Phi) is 7.01. The molecule has 1 saturated heterocycles. The zero-order valence-corrected chi connectivity index (χ0v) is 21.4. The minimum absolute atomic E-state index is 0.0665. The van der Waals surface area contributed by atoms with Gasteiger partial charge in [0.1, 0.15) is 17.2 Å². The van der Waals surface area contributed by atoms with Gasteiger partial charge in [-0.2, -0.15) is 13.2 Å². The van der Waals surface area contributed by atoms with Crippen LogP contribution < -0.4 is 10.1 Å². The zero-order chi connectivity index (χ0) is 27.8. The molecule has 39 heavy (non-hydrogen) atoms. The topological polar surface area (TPSA) is 78.9 Å². The second kappa shape index (κ2) is 10.3. The average molecular weight is 539 g/mol. The summed E-state index contributed by atoms with van der Waals surface area (Å²) in [5, 5.41) is 13.0. The summed E-state index contributed by atoms with van der Waals surface area (Å²) in [6.07, 6.45) is -0.933. The van der Waals surface area contributed by atoms with Crippen LogP contribution in [0.4, 0.5) is 13.2 Å². The molecule has 1 heterocycles. The third-order valence-corrected chi connectivity index (χ3v) is 7.80. The number of amides is 2. The molecule has 2 amide bonds. The number of alkyl halides is 3. The van der Waals surface area contributed by atoms with Gasteiger partial charge in [0, 0.05) is 30.3 Å². The van der Waals surface area contributed by atoms with Crippen LogP contribution in [-0.2, 0) is 6.18 Å². The molecule has 0 unspecified atom stereocenters. The highest BCUT2D eigenvalue weighted by Gasteiger charge is 2.46. The highest BCUT2D eigenvalue weighted by atomic mass is 19.4. The van der Waals surface area contributed by atoms with E-state index in [0.29, 0.717) is 30.0 Å². The first kappa shape index (κ1) is 26.6. The number of piperidine rings is 1. The predicted octanol–water partition coefficient (Wildman–Crippen LogP) is 6.33. The number of rotatable bonds is 5. The smallest absolute Gasteiger partial charge is 0.416 e. The van der Waals surface area contributed by atoms with Crippen LogP contribution in [0.1, 0.15) is 57.5 Å². The third-order valence-electron chi connectivity index (χ3n) is 7.80. The SMILES string of the molecule is Cc1ccc(C(=O)N2CCC3(CC2)CC(NC(=O)c2ccc(Oc4ccc(C(F)(F)F)cc4)cc2)C3)cc1O. The van der Waals surface area contributed by atoms with Crippen molar-refractivity contribution >= 4 is 11.8 Å². The number of carbonyl (C=O) groups excluding carboxylic acids is 2. The molecule has 5 rings (SSSR count). The van der Waals surface area contributed by atoms with E-state index in [0.717, 1.165) is 43.4 Å². The number of benzene rings is 3. The molecular weight excluding hydrogens is 509 g/mol. The Labute approximate surface area is 224 Å². The summed E-state index contributed by atoms with van der Waals surface area (Å²) in [7, 11) is 0. The maximum atomic E-state index is 12.8. The highest BCUT2D eigenvalue weighted by Crippen LogP contribution is 2.49. The quantitative estimate of drug-likeness (QED) is 0.398. The molecule has 9 heteroatoms. The number of phenolic OH excluding ortho intramolecular Hbond substituents is 1. The summed E-state index contributed by atoms with van der Waals surface area (Å²) < 4.78 is 43.7. The second-order valence-electron chi connectivity index (χ2n) is 10.5. The maximum absolute atomic E-state index is 12.8. The molecule has 0 bridgehead atoms. The summed E-state index contributed by atoms with van der Waals surface area (Å²) >= 11 is 0. The van der Waals surface area contributed by atoms with Crippen LogP contribution in [0.3, 0.4) is 0 Å². The van der Waals surface area contributed by atoms with Crippen molar-refractivity contribution in [3.8, 4) is 17.2 Å². The van der Waals surface area contributed by atoms with Gasteiger partial charge in [-0.15, -0.1) is 0 Å². The van der Waals surface area contributed by atoms with Crippen molar-refractivity contribution in [2.24, 2.45) is 5.41 Å². The van der Waals surface area contributed by atoms with Gasteiger partial charge < -0.3 is 20.1 Å². The average Bonchev–Trinajstić information content (AvgIpc) is 2.89. The van der Waals surface area contributed by atoms with Gasteiger partial charge in [0.05, 0.1) is 5.56 Å². The van der Waals surface area contributed by atoms with Crippen LogP contribution in [0.2, 0.25) is 0 Å². The molecule has 6 nitrogen and oxygen atoms in total. The first-order valence-corrected chi connectivity index (χ1v) is 12.9. The molecule has 1 saturated carbocycles. The van der Waals surface area contributed by atoms with E-state index in [-0.39, 0.29) is 34.8 Å². The molecule has 2 N–H and O–H groups in total. The number of hydrogen-bond acceptors (Lipinski definition) is 4. The number of ether oxygens (including phenoxy) is 1. The van der Waals surface area contributed by atoms with Crippen molar-refractivity contribution in [3.05, 3.63) is 89.0 Å². The molecular formula is C30H29F3N2O4. The Bertz CT molecular complexity index is 1350. The van der Waals surface area contributed by atoms with E-state index < -0.39 is 11.7 Å². The summed E-state index contributed by atoms with van der Waals surface area (Å²) in [5.41, 5.74) is 1.07. The molecule has 1 aliphatic carbocycles. The van der Waals surface area contributed by atoms with Crippen LogP contribution in [0.25, 0.3) is 0 Å². The lowest BCUT2D eigenvalue weighted by atomic mass is 9.60. The minimum Gasteiger partial charge on any atom is -0.508 e. The van der Waals surface area contributed by atoms with Gasteiger partial charge in [-0.1, -0.05) is 6.07 Å². The number of nitrogens with one attached hydrogen (secondary N) is 1. The second-order valence-corrected chi connectivity index (χ2v) is 10.5. The molecule has 1 aliphatic heterocycles. The Morgan fingerprint density at radius 1 is 0.923 bits per heavy atom. The number of carbonyl (C=O) groups is 2. The van der Waals surface area contributed by atoms with Crippen LogP contribution in [0.5, 0.6) is 17.2 Å². The molecule has 1 spiro atoms. The molecule has 0 radical (unpaired) electrons. The minimum atomic E-state index is -4.41. The van der Waals surface area contributed by atoms with E-state index in [4.69, 9.17) is 4.74 Å². The van der Waals surface area contributed by atoms with Crippen molar-refractivity contribution in [3.63, 3.8) is 0 Å². The zero-order valence-electron chi connectivity index (χ0n) is 21.4. The monoisotopic (exact) mass is 538 g/mol. The standard InChI is InChI=1S/C30H29F3N2O4/c1-19-2-3-21(16-26(19)36)28(38)35-14-12-29(13-15-35)17-23(18-29)34-27(37)20-4-8-24(9-5-20)39-25-10-6-22(7-11-25)30(31,32)33/h2-11,16,23,36H,12-15,17-18H2,1H3,(H,34,37). The highest BCUT2D eigenvalue weighted by molar-refractivity contribution is 5.95. The van der Waals surface area contributed by atoms with Gasteiger partial charge in [-0.3, -0.25) is 9.59 Å². The summed E-state index contributed by atoms with van der Waals surface area (Å²) in [5.74, 6) is 0.534. The number of likely N-dealkylation sites (tertiary alicyclic amines) is 1. The number of nitrogens with zero attached hydrogens (tertiary/aromatic N) is 1. The Balaban J connectivity index is 1.08. The predicted molar refractivity (Wildman–Crippen MR) is 139 cm³/mol. The van der Waals surface area contributed by atoms with Gasteiger partial charge in [-0.25, -0.2) is 0 Å². The number of phenols is 1. The summed E-state index contributed by atoms with van der Waals surface area (Å²) in [6.45, 7) is 3.08. The lowest BCUT2D eigenvalue weighted by molar-refractivity contribution is -0.137. The fraction of sp³-hybridized carbons (Fsp3) is 0.333. The van der Waals surface area contributed by atoms with Gasteiger partial charge in [0.2, 0.25) is 0 Å². The summed E-state index contributed by atoms with van der Waals surface area (Å²) in [4.78, 5) is 27.4. The molecule has 2 aliphatic rings.